The second kappa shape index (κ2) is 4.36. The number of likely N-dealkylation sites (N-methyl/N-ethyl adjacent to an activating group) is 1. The van der Waals surface area contributed by atoms with Crippen molar-refractivity contribution >= 4 is 5.91 Å². The second-order valence-corrected chi connectivity index (χ2v) is 6.05. The molecule has 0 bridgehead atoms. The molecule has 3 nitrogen and oxygen atoms in total. The molecule has 92 valence electrons. The molecule has 2 fully saturated rings. The first kappa shape index (κ1) is 11.9. The van der Waals surface area contributed by atoms with Crippen LogP contribution >= 0.6 is 0 Å². The number of nitrogens with zero attached hydrogens (tertiary/aromatic N) is 1. The Labute approximate surface area is 98.6 Å². The lowest BCUT2D eigenvalue weighted by atomic mass is 9.87. The van der Waals surface area contributed by atoms with Crippen LogP contribution in [-0.2, 0) is 4.79 Å². The molecule has 1 N–H and O–H groups in total. The van der Waals surface area contributed by atoms with Gasteiger partial charge >= 0.3 is 0 Å². The fourth-order valence-electron chi connectivity index (χ4n) is 2.71. The standard InChI is InChI=1S/C13H24N2O/c1-13(2)8-4-5-11(13)14-9-12(16)15(3)10-6-7-10/h10-11,14H,4-9H2,1-3H3. The zero-order valence-electron chi connectivity index (χ0n) is 10.8. The van der Waals surface area contributed by atoms with E-state index in [4.69, 9.17) is 0 Å². The number of hydrogen-bond donors (Lipinski definition) is 1. The Kier molecular flexibility index (Phi) is 3.24. The third kappa shape index (κ3) is 2.57. The van der Waals surface area contributed by atoms with Crippen LogP contribution in [0, 0.1) is 5.41 Å². The molecule has 3 heteroatoms. The Bertz CT molecular complexity index is 271. The van der Waals surface area contributed by atoms with Crippen molar-refractivity contribution in [3.05, 3.63) is 0 Å². The minimum absolute atomic E-state index is 0.255. The van der Waals surface area contributed by atoms with Crippen LogP contribution in [0.5, 0.6) is 0 Å². The topological polar surface area (TPSA) is 32.3 Å². The van der Waals surface area contributed by atoms with E-state index in [1.165, 1.54) is 32.1 Å². The number of hydrogen-bond acceptors (Lipinski definition) is 2. The summed E-state index contributed by atoms with van der Waals surface area (Å²) < 4.78 is 0. The zero-order valence-corrected chi connectivity index (χ0v) is 10.8. The molecular weight excluding hydrogens is 200 g/mol. The Morgan fingerprint density at radius 3 is 2.56 bits per heavy atom. The van der Waals surface area contributed by atoms with Crippen molar-refractivity contribution in [2.24, 2.45) is 5.41 Å². The predicted octanol–water partition coefficient (Wildman–Crippen LogP) is 1.78. The van der Waals surface area contributed by atoms with Gasteiger partial charge in [-0.05, 0) is 31.1 Å². The number of nitrogens with one attached hydrogen (secondary N) is 1. The molecule has 0 heterocycles. The smallest absolute Gasteiger partial charge is 0.236 e. The first-order valence-electron chi connectivity index (χ1n) is 6.50. The lowest BCUT2D eigenvalue weighted by Gasteiger charge is -2.28. The van der Waals surface area contributed by atoms with E-state index < -0.39 is 0 Å². The third-order valence-electron chi connectivity index (χ3n) is 4.24. The highest BCUT2D eigenvalue weighted by Gasteiger charge is 2.35. The maximum Gasteiger partial charge on any atom is 0.236 e. The summed E-state index contributed by atoms with van der Waals surface area (Å²) in [5, 5.41) is 3.44. The Balaban J connectivity index is 1.76. The average molecular weight is 224 g/mol. The van der Waals surface area contributed by atoms with E-state index in [0.29, 0.717) is 24.0 Å². The maximum atomic E-state index is 11.9. The fraction of sp³-hybridized carbons (Fsp3) is 0.923. The third-order valence-corrected chi connectivity index (χ3v) is 4.24. The highest BCUT2D eigenvalue weighted by Crippen LogP contribution is 2.37. The van der Waals surface area contributed by atoms with Crippen molar-refractivity contribution in [1.82, 2.24) is 10.2 Å². The largest absolute Gasteiger partial charge is 0.342 e. The first-order chi connectivity index (χ1) is 7.50. The molecule has 1 amide bonds. The van der Waals surface area contributed by atoms with Crippen LogP contribution in [0.15, 0.2) is 0 Å². The van der Waals surface area contributed by atoms with Crippen molar-refractivity contribution in [2.75, 3.05) is 13.6 Å². The molecule has 1 atom stereocenters. The lowest BCUT2D eigenvalue weighted by molar-refractivity contribution is -0.129. The van der Waals surface area contributed by atoms with Gasteiger partial charge in [-0.3, -0.25) is 4.79 Å². The molecule has 2 rings (SSSR count). The Morgan fingerprint density at radius 2 is 2.06 bits per heavy atom. The molecule has 0 spiro atoms. The predicted molar refractivity (Wildman–Crippen MR) is 65.2 cm³/mol. The Morgan fingerprint density at radius 1 is 1.38 bits per heavy atom. The van der Waals surface area contributed by atoms with Crippen LogP contribution in [0.2, 0.25) is 0 Å². The SMILES string of the molecule is CN(C(=O)CNC1CCCC1(C)C)C1CC1. The molecule has 0 saturated heterocycles. The summed E-state index contributed by atoms with van der Waals surface area (Å²) in [5.74, 6) is 0.255. The lowest BCUT2D eigenvalue weighted by Crippen LogP contribution is -2.44. The van der Waals surface area contributed by atoms with E-state index in [2.05, 4.69) is 19.2 Å². The highest BCUT2D eigenvalue weighted by atomic mass is 16.2. The highest BCUT2D eigenvalue weighted by molar-refractivity contribution is 5.78. The van der Waals surface area contributed by atoms with Gasteiger partial charge in [0.2, 0.25) is 5.91 Å². The summed E-state index contributed by atoms with van der Waals surface area (Å²) in [6.07, 6.45) is 6.16. The summed E-state index contributed by atoms with van der Waals surface area (Å²) in [7, 11) is 1.93. The van der Waals surface area contributed by atoms with E-state index in [9.17, 15) is 4.79 Å². The van der Waals surface area contributed by atoms with Gasteiger partial charge in [0.1, 0.15) is 0 Å². The van der Waals surface area contributed by atoms with Gasteiger partial charge in [-0.2, -0.15) is 0 Å². The van der Waals surface area contributed by atoms with Gasteiger partial charge in [0.25, 0.3) is 0 Å². The minimum Gasteiger partial charge on any atom is -0.342 e. The number of carbonyl (C=O) groups excluding carboxylic acids is 1. The number of rotatable bonds is 4. The molecular formula is C13H24N2O. The molecule has 2 saturated carbocycles. The van der Waals surface area contributed by atoms with E-state index >= 15 is 0 Å². The van der Waals surface area contributed by atoms with Gasteiger partial charge in [0.05, 0.1) is 6.54 Å². The summed E-state index contributed by atoms with van der Waals surface area (Å²) in [6, 6.07) is 1.05. The summed E-state index contributed by atoms with van der Waals surface area (Å²) in [5.41, 5.74) is 0.360. The minimum atomic E-state index is 0.255. The first-order valence-corrected chi connectivity index (χ1v) is 6.50. The van der Waals surface area contributed by atoms with E-state index in [1.54, 1.807) is 0 Å². The van der Waals surface area contributed by atoms with Crippen molar-refractivity contribution in [3.8, 4) is 0 Å². The summed E-state index contributed by atoms with van der Waals surface area (Å²) >= 11 is 0. The van der Waals surface area contributed by atoms with E-state index in [-0.39, 0.29) is 5.91 Å². The van der Waals surface area contributed by atoms with E-state index in [1.807, 2.05) is 11.9 Å². The van der Waals surface area contributed by atoms with Crippen molar-refractivity contribution in [3.63, 3.8) is 0 Å². The van der Waals surface area contributed by atoms with E-state index in [0.717, 1.165) is 0 Å². The van der Waals surface area contributed by atoms with Gasteiger partial charge in [-0.1, -0.05) is 20.3 Å². The van der Waals surface area contributed by atoms with Crippen molar-refractivity contribution in [1.29, 1.82) is 0 Å². The van der Waals surface area contributed by atoms with Crippen LogP contribution in [-0.4, -0.2) is 36.5 Å². The van der Waals surface area contributed by atoms with Gasteiger partial charge in [-0.15, -0.1) is 0 Å². The summed E-state index contributed by atoms with van der Waals surface area (Å²) in [4.78, 5) is 13.8. The van der Waals surface area contributed by atoms with Crippen LogP contribution in [0.4, 0.5) is 0 Å². The molecule has 2 aliphatic rings. The van der Waals surface area contributed by atoms with Crippen molar-refractivity contribution in [2.45, 2.75) is 58.0 Å². The van der Waals surface area contributed by atoms with Crippen LogP contribution in [0.25, 0.3) is 0 Å². The van der Waals surface area contributed by atoms with Crippen molar-refractivity contribution < 1.29 is 4.79 Å². The molecule has 0 aromatic heterocycles. The van der Waals surface area contributed by atoms with Crippen LogP contribution < -0.4 is 5.32 Å². The zero-order chi connectivity index (χ0) is 11.8. The van der Waals surface area contributed by atoms with Crippen LogP contribution in [0.1, 0.15) is 46.0 Å². The monoisotopic (exact) mass is 224 g/mol. The van der Waals surface area contributed by atoms with Gasteiger partial charge in [-0.25, -0.2) is 0 Å². The quantitative estimate of drug-likeness (QED) is 0.789. The van der Waals surface area contributed by atoms with Gasteiger partial charge < -0.3 is 10.2 Å². The number of amides is 1. The van der Waals surface area contributed by atoms with Crippen LogP contribution in [0.3, 0.4) is 0 Å². The molecule has 16 heavy (non-hydrogen) atoms. The second-order valence-electron chi connectivity index (χ2n) is 6.05. The molecule has 0 radical (unpaired) electrons. The van der Waals surface area contributed by atoms with Gasteiger partial charge in [0.15, 0.2) is 0 Å². The summed E-state index contributed by atoms with van der Waals surface area (Å²) in [6.45, 7) is 5.11. The average Bonchev–Trinajstić information content (AvgIpc) is 3.00. The molecule has 0 aromatic carbocycles. The fourth-order valence-corrected chi connectivity index (χ4v) is 2.71. The molecule has 0 aliphatic heterocycles. The maximum absolute atomic E-state index is 11.9. The Hall–Kier alpha value is -0.570. The molecule has 2 aliphatic carbocycles. The normalized spacial score (nSPS) is 28.1. The number of carbonyl (C=O) groups is 1. The molecule has 0 aromatic rings. The van der Waals surface area contributed by atoms with Gasteiger partial charge in [0, 0.05) is 19.1 Å². The molecule has 1 unspecified atom stereocenters.